The van der Waals surface area contributed by atoms with E-state index in [0.717, 1.165) is 36.7 Å². The van der Waals surface area contributed by atoms with E-state index in [9.17, 15) is 14.4 Å². The van der Waals surface area contributed by atoms with Crippen LogP contribution in [0.3, 0.4) is 0 Å². The van der Waals surface area contributed by atoms with Gasteiger partial charge >= 0.3 is 0 Å². The topological polar surface area (TPSA) is 82.1 Å². The fourth-order valence-electron chi connectivity index (χ4n) is 4.01. The number of nitrogens with one attached hydrogen (secondary N) is 1. The number of halogens is 1. The number of carbonyl (C=O) groups is 3. The molecule has 2 heterocycles. The van der Waals surface area contributed by atoms with E-state index in [1.165, 1.54) is 18.2 Å². The molecule has 34 heavy (non-hydrogen) atoms. The molecule has 178 valence electrons. The van der Waals surface area contributed by atoms with E-state index in [1.54, 1.807) is 42.3 Å². The van der Waals surface area contributed by atoms with Gasteiger partial charge in [0.1, 0.15) is 5.25 Å². The van der Waals surface area contributed by atoms with Gasteiger partial charge in [-0.3, -0.25) is 14.4 Å². The van der Waals surface area contributed by atoms with Crippen LogP contribution in [0.1, 0.15) is 41.6 Å². The van der Waals surface area contributed by atoms with Gasteiger partial charge < -0.3 is 15.1 Å². The number of aliphatic imine (C=N–C) groups is 1. The van der Waals surface area contributed by atoms with Gasteiger partial charge in [0.25, 0.3) is 11.8 Å². The standard InChI is InChI=1S/C25H27ClN4O3S/c1-29(16-18-8-3-4-11-20(18)26)24(33)17-9-7-10-19(14-17)27-22(31)15-21-23(32)28-25(34-21)30-12-5-2-6-13-30/h3-4,7-11,14,21H,2,5-6,12-13,15-16H2,1H3,(H,27,31)/t21-/m1/s1. The van der Waals surface area contributed by atoms with Crippen LogP contribution in [-0.2, 0) is 16.1 Å². The van der Waals surface area contributed by atoms with Gasteiger partial charge in [0, 0.05) is 49.4 Å². The smallest absolute Gasteiger partial charge is 0.262 e. The quantitative estimate of drug-likeness (QED) is 0.637. The molecule has 0 radical (unpaired) electrons. The molecule has 0 bridgehead atoms. The fraction of sp³-hybridized carbons (Fsp3) is 0.360. The van der Waals surface area contributed by atoms with Gasteiger partial charge in [-0.05, 0) is 49.1 Å². The second kappa shape index (κ2) is 11.1. The number of thioether (sulfide) groups is 1. The summed E-state index contributed by atoms with van der Waals surface area (Å²) >= 11 is 7.58. The third-order valence-corrected chi connectivity index (χ3v) is 7.41. The molecule has 9 heteroatoms. The number of hydrogen-bond acceptors (Lipinski definition) is 5. The van der Waals surface area contributed by atoms with Crippen molar-refractivity contribution in [2.75, 3.05) is 25.5 Å². The molecule has 3 amide bonds. The first-order chi connectivity index (χ1) is 16.4. The summed E-state index contributed by atoms with van der Waals surface area (Å²) in [5.74, 6) is -0.724. The number of piperidine rings is 1. The van der Waals surface area contributed by atoms with Crippen molar-refractivity contribution in [3.63, 3.8) is 0 Å². The predicted molar refractivity (Wildman–Crippen MR) is 136 cm³/mol. The van der Waals surface area contributed by atoms with Gasteiger partial charge in [0.15, 0.2) is 5.17 Å². The lowest BCUT2D eigenvalue weighted by molar-refractivity contribution is -0.121. The molecule has 7 nitrogen and oxygen atoms in total. The van der Waals surface area contributed by atoms with Crippen molar-refractivity contribution in [1.82, 2.24) is 9.80 Å². The number of hydrogen-bond donors (Lipinski definition) is 1. The van der Waals surface area contributed by atoms with E-state index in [1.807, 2.05) is 18.2 Å². The normalized spacial score (nSPS) is 17.9. The number of benzene rings is 2. The summed E-state index contributed by atoms with van der Waals surface area (Å²) in [6.07, 6.45) is 3.43. The molecule has 1 N–H and O–H groups in total. The minimum absolute atomic E-state index is 0.0366. The zero-order valence-corrected chi connectivity index (χ0v) is 20.6. The van der Waals surface area contributed by atoms with Crippen LogP contribution in [0.25, 0.3) is 0 Å². The first kappa shape index (κ1) is 24.3. The van der Waals surface area contributed by atoms with E-state index >= 15 is 0 Å². The Bertz CT molecular complexity index is 1120. The molecule has 0 aliphatic carbocycles. The first-order valence-electron chi connectivity index (χ1n) is 11.3. The van der Waals surface area contributed by atoms with Crippen molar-refractivity contribution in [3.05, 3.63) is 64.7 Å². The third kappa shape index (κ3) is 5.98. The molecule has 1 saturated heterocycles. The maximum Gasteiger partial charge on any atom is 0.262 e. The molecule has 2 aliphatic rings. The maximum absolute atomic E-state index is 12.9. The summed E-state index contributed by atoms with van der Waals surface area (Å²) in [6, 6.07) is 14.2. The minimum atomic E-state index is -0.511. The summed E-state index contributed by atoms with van der Waals surface area (Å²) in [7, 11) is 1.71. The Morgan fingerprint density at radius 2 is 1.91 bits per heavy atom. The highest BCUT2D eigenvalue weighted by atomic mass is 35.5. The lowest BCUT2D eigenvalue weighted by Crippen LogP contribution is -2.33. The van der Waals surface area contributed by atoms with Gasteiger partial charge in [0.05, 0.1) is 0 Å². The lowest BCUT2D eigenvalue weighted by atomic mass is 10.1. The average Bonchev–Trinajstić information content (AvgIpc) is 3.20. The molecule has 0 aromatic heterocycles. The Morgan fingerprint density at radius 1 is 1.15 bits per heavy atom. The van der Waals surface area contributed by atoms with Gasteiger partial charge in [-0.2, -0.15) is 4.99 Å². The van der Waals surface area contributed by atoms with Crippen LogP contribution >= 0.6 is 23.4 Å². The van der Waals surface area contributed by atoms with Crippen molar-refractivity contribution in [3.8, 4) is 0 Å². The summed E-state index contributed by atoms with van der Waals surface area (Å²) in [5, 5.41) is 3.64. The number of carbonyl (C=O) groups excluding carboxylic acids is 3. The fourth-order valence-corrected chi connectivity index (χ4v) is 5.33. The van der Waals surface area contributed by atoms with Crippen LogP contribution in [0.4, 0.5) is 5.69 Å². The van der Waals surface area contributed by atoms with Crippen LogP contribution in [0.5, 0.6) is 0 Å². The van der Waals surface area contributed by atoms with Crippen LogP contribution in [-0.4, -0.2) is 58.1 Å². The first-order valence-corrected chi connectivity index (χ1v) is 12.6. The zero-order chi connectivity index (χ0) is 24.1. The number of rotatable bonds is 6. The van der Waals surface area contributed by atoms with Gasteiger partial charge in [0.2, 0.25) is 5.91 Å². The molecule has 1 atom stereocenters. The van der Waals surface area contributed by atoms with Gasteiger partial charge in [-0.1, -0.05) is 47.6 Å². The molecule has 0 saturated carbocycles. The highest BCUT2D eigenvalue weighted by molar-refractivity contribution is 8.15. The monoisotopic (exact) mass is 498 g/mol. The summed E-state index contributed by atoms with van der Waals surface area (Å²) in [4.78, 5) is 45.8. The average molecular weight is 499 g/mol. The SMILES string of the molecule is CN(Cc1ccccc1Cl)C(=O)c1cccc(NC(=O)C[C@H]2SC(N3CCCCC3)=NC2=O)c1. The number of nitrogens with zero attached hydrogens (tertiary/aromatic N) is 3. The van der Waals surface area contributed by atoms with Crippen molar-refractivity contribution >= 4 is 51.9 Å². The second-order valence-electron chi connectivity index (χ2n) is 8.47. The highest BCUT2D eigenvalue weighted by Crippen LogP contribution is 2.29. The van der Waals surface area contributed by atoms with Crippen LogP contribution in [0.2, 0.25) is 5.02 Å². The van der Waals surface area contributed by atoms with Crippen LogP contribution in [0, 0.1) is 0 Å². The third-order valence-electron chi connectivity index (χ3n) is 5.83. The number of amides is 3. The second-order valence-corrected chi connectivity index (χ2v) is 10.0. The van der Waals surface area contributed by atoms with Crippen LogP contribution < -0.4 is 5.32 Å². The predicted octanol–water partition coefficient (Wildman–Crippen LogP) is 4.42. The highest BCUT2D eigenvalue weighted by Gasteiger charge is 2.33. The number of likely N-dealkylation sites (tertiary alicyclic amines) is 1. The van der Waals surface area contributed by atoms with Gasteiger partial charge in [-0.15, -0.1) is 0 Å². The molecule has 1 fully saturated rings. The van der Waals surface area contributed by atoms with Crippen molar-refractivity contribution in [1.29, 1.82) is 0 Å². The van der Waals surface area contributed by atoms with Gasteiger partial charge in [-0.25, -0.2) is 0 Å². The van der Waals surface area contributed by atoms with Crippen molar-refractivity contribution in [2.45, 2.75) is 37.5 Å². The van der Waals surface area contributed by atoms with E-state index in [2.05, 4.69) is 15.2 Å². The maximum atomic E-state index is 12.9. The summed E-state index contributed by atoms with van der Waals surface area (Å²) < 4.78 is 0. The Hall–Kier alpha value is -2.84. The summed E-state index contributed by atoms with van der Waals surface area (Å²) in [5.41, 5.74) is 1.82. The molecular weight excluding hydrogens is 472 g/mol. The molecule has 0 unspecified atom stereocenters. The largest absolute Gasteiger partial charge is 0.351 e. The zero-order valence-electron chi connectivity index (χ0n) is 19.0. The van der Waals surface area contributed by atoms with E-state index in [-0.39, 0.29) is 24.1 Å². The molecular formula is C25H27ClN4O3S. The van der Waals surface area contributed by atoms with E-state index in [0.29, 0.717) is 22.8 Å². The van der Waals surface area contributed by atoms with E-state index < -0.39 is 5.25 Å². The molecule has 2 aromatic carbocycles. The van der Waals surface area contributed by atoms with E-state index in [4.69, 9.17) is 11.6 Å². The lowest BCUT2D eigenvalue weighted by Gasteiger charge is -2.27. The Labute approximate surface area is 208 Å². The molecule has 4 rings (SSSR count). The van der Waals surface area contributed by atoms with Crippen LogP contribution in [0.15, 0.2) is 53.5 Å². The summed E-state index contributed by atoms with van der Waals surface area (Å²) in [6.45, 7) is 2.18. The van der Waals surface area contributed by atoms with Crippen molar-refractivity contribution in [2.24, 2.45) is 4.99 Å². The molecule has 0 spiro atoms. The number of anilines is 1. The van der Waals surface area contributed by atoms with Crippen molar-refractivity contribution < 1.29 is 14.4 Å². The Kier molecular flexibility index (Phi) is 7.90. The Morgan fingerprint density at radius 3 is 2.68 bits per heavy atom. The minimum Gasteiger partial charge on any atom is -0.351 e. The Balaban J connectivity index is 1.33. The number of amidine groups is 1. The molecule has 2 aromatic rings. The molecule has 2 aliphatic heterocycles.